The number of aryl methyl sites for hydroxylation is 1. The van der Waals surface area contributed by atoms with E-state index in [1.165, 1.54) is 4.31 Å². The van der Waals surface area contributed by atoms with Crippen molar-refractivity contribution in [3.8, 4) is 11.5 Å². The van der Waals surface area contributed by atoms with Gasteiger partial charge in [0.25, 0.3) is 0 Å². The van der Waals surface area contributed by atoms with E-state index in [1.54, 1.807) is 53.4 Å². The van der Waals surface area contributed by atoms with Crippen LogP contribution in [0, 0.1) is 6.92 Å². The molecule has 0 unspecified atom stereocenters. The molecule has 0 aliphatic carbocycles. The van der Waals surface area contributed by atoms with Crippen LogP contribution >= 0.6 is 11.6 Å². The quantitative estimate of drug-likeness (QED) is 0.419. The molecule has 8 nitrogen and oxygen atoms in total. The molecule has 0 aromatic heterocycles. The number of sulfonamides is 1. The highest BCUT2D eigenvalue weighted by atomic mass is 35.5. The van der Waals surface area contributed by atoms with Gasteiger partial charge in [-0.3, -0.25) is 9.69 Å². The Bertz CT molecular complexity index is 1390. The zero-order valence-electron chi connectivity index (χ0n) is 21.2. The number of benzene rings is 3. The molecule has 0 spiro atoms. The van der Waals surface area contributed by atoms with Gasteiger partial charge in [-0.1, -0.05) is 47.5 Å². The Labute approximate surface area is 228 Å². The first-order valence-electron chi connectivity index (χ1n) is 12.5. The summed E-state index contributed by atoms with van der Waals surface area (Å²) in [4.78, 5) is 17.5. The standard InChI is InChI=1S/C28H30ClN3O5S/c1-21-2-9-25(10-3-21)38(34,35)32(18-22-4-7-24(29)8-5-22)19-28(33)31-14-12-30(13-15-31)17-23-6-11-26-27(16-23)37-20-36-26/h2-11,16H,12-15,17-20H2,1H3. The molecule has 5 rings (SSSR count). The molecular formula is C28H30ClN3O5S. The van der Waals surface area contributed by atoms with Gasteiger partial charge in [0.05, 0.1) is 11.4 Å². The van der Waals surface area contributed by atoms with Gasteiger partial charge in [-0.25, -0.2) is 8.42 Å². The molecule has 0 radical (unpaired) electrons. The number of halogens is 1. The summed E-state index contributed by atoms with van der Waals surface area (Å²) in [5.41, 5.74) is 2.83. The molecular weight excluding hydrogens is 526 g/mol. The lowest BCUT2D eigenvalue weighted by Crippen LogP contribution is -2.51. The summed E-state index contributed by atoms with van der Waals surface area (Å²) in [6, 6.07) is 19.6. The molecule has 2 aliphatic rings. The van der Waals surface area contributed by atoms with E-state index in [0.29, 0.717) is 31.2 Å². The lowest BCUT2D eigenvalue weighted by molar-refractivity contribution is -0.133. The molecule has 200 valence electrons. The number of carbonyl (C=O) groups excluding carboxylic acids is 1. The van der Waals surface area contributed by atoms with E-state index in [1.807, 2.05) is 25.1 Å². The Morgan fingerprint density at radius 1 is 0.895 bits per heavy atom. The minimum atomic E-state index is -3.90. The Morgan fingerprint density at radius 3 is 2.26 bits per heavy atom. The second-order valence-electron chi connectivity index (χ2n) is 9.56. The molecule has 0 N–H and O–H groups in total. The summed E-state index contributed by atoms with van der Waals surface area (Å²) in [6.07, 6.45) is 0. The van der Waals surface area contributed by atoms with Crippen LogP contribution in [-0.4, -0.2) is 67.9 Å². The molecule has 1 fully saturated rings. The second kappa shape index (κ2) is 11.3. The number of nitrogens with zero attached hydrogens (tertiary/aromatic N) is 3. The normalized spacial score (nSPS) is 15.7. The van der Waals surface area contributed by atoms with Gasteiger partial charge in [-0.05, 0) is 54.4 Å². The fraction of sp³-hybridized carbons (Fsp3) is 0.321. The van der Waals surface area contributed by atoms with E-state index < -0.39 is 10.0 Å². The molecule has 1 saturated heterocycles. The van der Waals surface area contributed by atoms with Gasteiger partial charge < -0.3 is 14.4 Å². The number of ether oxygens (including phenoxy) is 2. The molecule has 0 atom stereocenters. The van der Waals surface area contributed by atoms with E-state index in [-0.39, 0.29) is 30.7 Å². The molecule has 2 aliphatic heterocycles. The van der Waals surface area contributed by atoms with Crippen molar-refractivity contribution in [2.75, 3.05) is 39.5 Å². The highest BCUT2D eigenvalue weighted by molar-refractivity contribution is 7.89. The van der Waals surface area contributed by atoms with Crippen molar-refractivity contribution in [2.45, 2.75) is 24.9 Å². The summed E-state index contributed by atoms with van der Waals surface area (Å²) >= 11 is 6.01. The zero-order valence-corrected chi connectivity index (χ0v) is 22.7. The maximum atomic E-state index is 13.6. The fourth-order valence-electron chi connectivity index (χ4n) is 4.58. The number of carbonyl (C=O) groups is 1. The smallest absolute Gasteiger partial charge is 0.243 e. The van der Waals surface area contributed by atoms with Gasteiger partial charge in [-0.2, -0.15) is 4.31 Å². The number of hydrogen-bond acceptors (Lipinski definition) is 6. The highest BCUT2D eigenvalue weighted by Gasteiger charge is 2.30. The first-order valence-corrected chi connectivity index (χ1v) is 14.3. The predicted octanol–water partition coefficient (Wildman–Crippen LogP) is 3.91. The maximum absolute atomic E-state index is 13.6. The Balaban J connectivity index is 1.25. The van der Waals surface area contributed by atoms with Crippen LogP contribution < -0.4 is 9.47 Å². The molecule has 2 heterocycles. The van der Waals surface area contributed by atoms with Crippen molar-refractivity contribution in [1.82, 2.24) is 14.1 Å². The van der Waals surface area contributed by atoms with Crippen LogP contribution in [0.1, 0.15) is 16.7 Å². The molecule has 38 heavy (non-hydrogen) atoms. The molecule has 10 heteroatoms. The number of piperazine rings is 1. The van der Waals surface area contributed by atoms with Gasteiger partial charge in [0.2, 0.25) is 22.7 Å². The lowest BCUT2D eigenvalue weighted by Gasteiger charge is -2.35. The van der Waals surface area contributed by atoms with Crippen molar-refractivity contribution in [3.05, 3.63) is 88.4 Å². The molecule has 0 bridgehead atoms. The second-order valence-corrected chi connectivity index (χ2v) is 11.9. The van der Waals surface area contributed by atoms with E-state index in [9.17, 15) is 13.2 Å². The largest absolute Gasteiger partial charge is 0.454 e. The highest BCUT2D eigenvalue weighted by Crippen LogP contribution is 2.33. The summed E-state index contributed by atoms with van der Waals surface area (Å²) in [5, 5.41) is 0.566. The van der Waals surface area contributed by atoms with Crippen molar-refractivity contribution in [1.29, 1.82) is 0 Å². The average Bonchev–Trinajstić information content (AvgIpc) is 3.38. The number of hydrogen-bond donors (Lipinski definition) is 0. The van der Waals surface area contributed by atoms with Crippen LogP contribution in [0.15, 0.2) is 71.6 Å². The monoisotopic (exact) mass is 555 g/mol. The van der Waals surface area contributed by atoms with Crippen molar-refractivity contribution in [2.24, 2.45) is 0 Å². The Kier molecular flexibility index (Phi) is 7.90. The van der Waals surface area contributed by atoms with Gasteiger partial charge in [0.15, 0.2) is 11.5 Å². The maximum Gasteiger partial charge on any atom is 0.243 e. The summed E-state index contributed by atoms with van der Waals surface area (Å²) in [6.45, 7) is 5.18. The van der Waals surface area contributed by atoms with Crippen LogP contribution in [0.3, 0.4) is 0 Å². The van der Waals surface area contributed by atoms with Crippen molar-refractivity contribution >= 4 is 27.5 Å². The van der Waals surface area contributed by atoms with Crippen LogP contribution in [-0.2, 0) is 27.9 Å². The SMILES string of the molecule is Cc1ccc(S(=O)(=O)N(CC(=O)N2CCN(Cc3ccc4c(c3)OCO4)CC2)Cc2ccc(Cl)cc2)cc1. The van der Waals surface area contributed by atoms with E-state index in [2.05, 4.69) is 4.90 Å². The number of amides is 1. The third-order valence-electron chi connectivity index (χ3n) is 6.81. The Morgan fingerprint density at radius 2 is 1.55 bits per heavy atom. The summed E-state index contributed by atoms with van der Waals surface area (Å²) in [5.74, 6) is 1.30. The van der Waals surface area contributed by atoms with Gasteiger partial charge in [-0.15, -0.1) is 0 Å². The lowest BCUT2D eigenvalue weighted by atomic mass is 10.1. The van der Waals surface area contributed by atoms with E-state index in [4.69, 9.17) is 21.1 Å². The van der Waals surface area contributed by atoms with Crippen LogP contribution in [0.25, 0.3) is 0 Å². The molecule has 3 aromatic rings. The summed E-state index contributed by atoms with van der Waals surface area (Å²) in [7, 11) is -3.90. The van der Waals surface area contributed by atoms with Crippen molar-refractivity contribution < 1.29 is 22.7 Å². The van der Waals surface area contributed by atoms with Crippen LogP contribution in [0.2, 0.25) is 5.02 Å². The zero-order chi connectivity index (χ0) is 26.7. The Hall–Kier alpha value is -3.11. The third kappa shape index (κ3) is 6.13. The van der Waals surface area contributed by atoms with Gasteiger partial charge in [0.1, 0.15) is 0 Å². The molecule has 3 aromatic carbocycles. The average molecular weight is 556 g/mol. The van der Waals surface area contributed by atoms with E-state index >= 15 is 0 Å². The van der Waals surface area contributed by atoms with Gasteiger partial charge in [0, 0.05) is 44.3 Å². The fourth-order valence-corrected chi connectivity index (χ4v) is 6.09. The minimum absolute atomic E-state index is 0.0726. The van der Waals surface area contributed by atoms with Gasteiger partial charge >= 0.3 is 0 Å². The predicted molar refractivity (Wildman–Crippen MR) is 145 cm³/mol. The molecule has 1 amide bonds. The number of fused-ring (bicyclic) bond motifs is 1. The van der Waals surface area contributed by atoms with E-state index in [0.717, 1.165) is 34.7 Å². The first-order chi connectivity index (χ1) is 18.3. The number of rotatable bonds is 8. The molecule has 0 saturated carbocycles. The summed E-state index contributed by atoms with van der Waals surface area (Å²) < 4.78 is 39.3. The first kappa shape index (κ1) is 26.5. The van der Waals surface area contributed by atoms with Crippen LogP contribution in [0.4, 0.5) is 0 Å². The topological polar surface area (TPSA) is 79.4 Å². The minimum Gasteiger partial charge on any atom is -0.454 e. The third-order valence-corrected chi connectivity index (χ3v) is 8.87. The van der Waals surface area contributed by atoms with Crippen LogP contribution in [0.5, 0.6) is 11.5 Å². The van der Waals surface area contributed by atoms with Crippen molar-refractivity contribution in [3.63, 3.8) is 0 Å².